The van der Waals surface area contributed by atoms with E-state index in [0.29, 0.717) is 15.9 Å². The molecule has 0 aliphatic rings. The molecule has 0 aliphatic carbocycles. The molecule has 0 saturated heterocycles. The average molecular weight is 401 g/mol. The van der Waals surface area contributed by atoms with Crippen molar-refractivity contribution in [3.8, 4) is 11.5 Å². The zero-order chi connectivity index (χ0) is 14.7. The summed E-state index contributed by atoms with van der Waals surface area (Å²) >= 11 is 6.72. The first-order valence-corrected chi connectivity index (χ1v) is 7.24. The summed E-state index contributed by atoms with van der Waals surface area (Å²) in [6.07, 6.45) is 0. The van der Waals surface area contributed by atoms with E-state index >= 15 is 0 Å². The number of carbonyl (C=O) groups excluding carboxylic acids is 1. The smallest absolute Gasteiger partial charge is 0.259 e. The number of phenols is 1. The van der Waals surface area contributed by atoms with Crippen LogP contribution in [0.3, 0.4) is 0 Å². The lowest BCUT2D eigenvalue weighted by Crippen LogP contribution is -2.12. The Balaban J connectivity index is 2.31. The number of ether oxygens (including phenoxy) is 1. The standard InChI is InChI=1S/C14H11Br2NO3/c1-20-13-7-11(9(15)6-10(13)16)17-14(19)8-4-2-3-5-12(8)18/h2-7,18H,1H3,(H,17,19). The Morgan fingerprint density at radius 2 is 1.90 bits per heavy atom. The lowest BCUT2D eigenvalue weighted by molar-refractivity contribution is 0.102. The normalized spacial score (nSPS) is 10.2. The molecule has 0 spiro atoms. The summed E-state index contributed by atoms with van der Waals surface area (Å²) in [6.45, 7) is 0. The Hall–Kier alpha value is -1.53. The van der Waals surface area contributed by atoms with Gasteiger partial charge in [-0.2, -0.15) is 0 Å². The second-order valence-corrected chi connectivity index (χ2v) is 5.65. The van der Waals surface area contributed by atoms with Gasteiger partial charge in [0.1, 0.15) is 11.5 Å². The highest BCUT2D eigenvalue weighted by Crippen LogP contribution is 2.35. The Bertz CT molecular complexity index is 659. The van der Waals surface area contributed by atoms with E-state index in [1.165, 1.54) is 6.07 Å². The number of aromatic hydroxyl groups is 1. The van der Waals surface area contributed by atoms with Gasteiger partial charge in [0, 0.05) is 10.5 Å². The predicted octanol–water partition coefficient (Wildman–Crippen LogP) is 4.18. The summed E-state index contributed by atoms with van der Waals surface area (Å²) in [4.78, 5) is 12.1. The highest BCUT2D eigenvalue weighted by molar-refractivity contribution is 9.11. The van der Waals surface area contributed by atoms with Gasteiger partial charge in [-0.3, -0.25) is 4.79 Å². The van der Waals surface area contributed by atoms with E-state index < -0.39 is 5.91 Å². The van der Waals surface area contributed by atoms with Crippen LogP contribution in [0.4, 0.5) is 5.69 Å². The first kappa shape index (κ1) is 14.9. The van der Waals surface area contributed by atoms with Crippen LogP contribution in [-0.4, -0.2) is 18.1 Å². The molecule has 0 heterocycles. The Kier molecular flexibility index (Phi) is 4.67. The van der Waals surface area contributed by atoms with Crippen molar-refractivity contribution in [1.29, 1.82) is 0 Å². The quantitative estimate of drug-likeness (QED) is 0.812. The van der Waals surface area contributed by atoms with Crippen LogP contribution in [0.5, 0.6) is 11.5 Å². The van der Waals surface area contributed by atoms with Gasteiger partial charge >= 0.3 is 0 Å². The maximum atomic E-state index is 12.1. The minimum absolute atomic E-state index is 0.0646. The SMILES string of the molecule is COc1cc(NC(=O)c2ccccc2O)c(Br)cc1Br. The van der Waals surface area contributed by atoms with Gasteiger partial charge in [-0.15, -0.1) is 0 Å². The van der Waals surface area contributed by atoms with E-state index in [0.717, 1.165) is 4.47 Å². The van der Waals surface area contributed by atoms with Crippen molar-refractivity contribution >= 4 is 43.5 Å². The molecule has 2 aromatic rings. The van der Waals surface area contributed by atoms with E-state index in [1.807, 2.05) is 0 Å². The molecule has 2 aromatic carbocycles. The van der Waals surface area contributed by atoms with Crippen molar-refractivity contribution in [3.05, 3.63) is 50.9 Å². The molecule has 0 saturated carbocycles. The minimum atomic E-state index is -0.395. The minimum Gasteiger partial charge on any atom is -0.507 e. The molecule has 0 unspecified atom stereocenters. The van der Waals surface area contributed by atoms with Crippen LogP contribution in [-0.2, 0) is 0 Å². The molecular weight excluding hydrogens is 390 g/mol. The number of benzene rings is 2. The van der Waals surface area contributed by atoms with Gasteiger partial charge in [-0.05, 0) is 50.1 Å². The molecule has 2 N–H and O–H groups in total. The number of anilines is 1. The van der Waals surface area contributed by atoms with Crippen molar-refractivity contribution in [2.45, 2.75) is 0 Å². The molecule has 0 fully saturated rings. The number of methoxy groups -OCH3 is 1. The number of carbonyl (C=O) groups is 1. The van der Waals surface area contributed by atoms with Crippen molar-refractivity contribution in [2.24, 2.45) is 0 Å². The monoisotopic (exact) mass is 399 g/mol. The number of amides is 1. The molecule has 1 amide bonds. The number of para-hydroxylation sites is 1. The maximum Gasteiger partial charge on any atom is 0.259 e. The van der Waals surface area contributed by atoms with Gasteiger partial charge in [0.2, 0.25) is 0 Å². The predicted molar refractivity (Wildman–Crippen MR) is 84.5 cm³/mol. The molecule has 0 radical (unpaired) electrons. The van der Waals surface area contributed by atoms with Crippen molar-refractivity contribution in [2.75, 3.05) is 12.4 Å². The molecule has 20 heavy (non-hydrogen) atoms. The van der Waals surface area contributed by atoms with Gasteiger partial charge in [0.05, 0.1) is 22.8 Å². The second kappa shape index (κ2) is 6.28. The van der Waals surface area contributed by atoms with E-state index in [2.05, 4.69) is 37.2 Å². The maximum absolute atomic E-state index is 12.1. The number of nitrogens with one attached hydrogen (secondary N) is 1. The molecule has 104 valence electrons. The van der Waals surface area contributed by atoms with Crippen molar-refractivity contribution in [1.82, 2.24) is 0 Å². The lowest BCUT2D eigenvalue weighted by Gasteiger charge is -2.11. The number of hydrogen-bond acceptors (Lipinski definition) is 3. The highest BCUT2D eigenvalue weighted by Gasteiger charge is 2.14. The van der Waals surface area contributed by atoms with Crippen LogP contribution >= 0.6 is 31.9 Å². The molecular formula is C14H11Br2NO3. The van der Waals surface area contributed by atoms with Gasteiger partial charge < -0.3 is 15.2 Å². The van der Waals surface area contributed by atoms with Crippen LogP contribution in [0, 0.1) is 0 Å². The first-order chi connectivity index (χ1) is 9.52. The summed E-state index contributed by atoms with van der Waals surface area (Å²) in [5.74, 6) is 0.138. The summed E-state index contributed by atoms with van der Waals surface area (Å²) in [6, 6.07) is 9.82. The summed E-state index contributed by atoms with van der Waals surface area (Å²) in [7, 11) is 1.54. The highest BCUT2D eigenvalue weighted by atomic mass is 79.9. The third kappa shape index (κ3) is 3.13. The van der Waals surface area contributed by atoms with Crippen molar-refractivity contribution in [3.63, 3.8) is 0 Å². The number of hydrogen-bond donors (Lipinski definition) is 2. The van der Waals surface area contributed by atoms with Crippen LogP contribution < -0.4 is 10.1 Å². The van der Waals surface area contributed by atoms with Gasteiger partial charge in [0.15, 0.2) is 0 Å². The van der Waals surface area contributed by atoms with E-state index in [4.69, 9.17) is 4.74 Å². The molecule has 6 heteroatoms. The van der Waals surface area contributed by atoms with Crippen LogP contribution in [0.25, 0.3) is 0 Å². The van der Waals surface area contributed by atoms with Gasteiger partial charge in [-0.25, -0.2) is 0 Å². The molecule has 0 aromatic heterocycles. The Morgan fingerprint density at radius 3 is 2.55 bits per heavy atom. The van der Waals surface area contributed by atoms with Crippen LogP contribution in [0.2, 0.25) is 0 Å². The summed E-state index contributed by atoms with van der Waals surface area (Å²) in [5.41, 5.74) is 0.764. The van der Waals surface area contributed by atoms with E-state index in [9.17, 15) is 9.90 Å². The molecule has 0 atom stereocenters. The Morgan fingerprint density at radius 1 is 1.20 bits per heavy atom. The molecule has 0 aliphatic heterocycles. The van der Waals surface area contributed by atoms with Crippen LogP contribution in [0.15, 0.2) is 45.3 Å². The van der Waals surface area contributed by atoms with Crippen LogP contribution in [0.1, 0.15) is 10.4 Å². The fourth-order valence-corrected chi connectivity index (χ4v) is 2.89. The fraction of sp³-hybridized carbons (Fsp3) is 0.0714. The molecule has 4 nitrogen and oxygen atoms in total. The zero-order valence-corrected chi connectivity index (χ0v) is 13.7. The van der Waals surface area contributed by atoms with E-state index in [-0.39, 0.29) is 11.3 Å². The van der Waals surface area contributed by atoms with Gasteiger partial charge in [0.25, 0.3) is 5.91 Å². The molecule has 2 rings (SSSR count). The lowest BCUT2D eigenvalue weighted by atomic mass is 10.2. The summed E-state index contributed by atoms with van der Waals surface area (Å²) < 4.78 is 6.66. The zero-order valence-electron chi connectivity index (χ0n) is 10.5. The fourth-order valence-electron chi connectivity index (χ4n) is 1.64. The Labute approximate surface area is 133 Å². The topological polar surface area (TPSA) is 58.6 Å². The number of halogens is 2. The van der Waals surface area contributed by atoms with Crippen molar-refractivity contribution < 1.29 is 14.6 Å². The third-order valence-corrected chi connectivity index (χ3v) is 3.91. The number of phenolic OH excluding ortho intramolecular Hbond substituents is 1. The first-order valence-electron chi connectivity index (χ1n) is 5.65. The second-order valence-electron chi connectivity index (χ2n) is 3.94. The van der Waals surface area contributed by atoms with E-state index in [1.54, 1.807) is 37.4 Å². The average Bonchev–Trinajstić information content (AvgIpc) is 2.42. The molecule has 0 bridgehead atoms. The largest absolute Gasteiger partial charge is 0.507 e. The summed E-state index contributed by atoms with van der Waals surface area (Å²) in [5, 5.41) is 12.4. The third-order valence-electron chi connectivity index (χ3n) is 2.64. The van der Waals surface area contributed by atoms with Gasteiger partial charge in [-0.1, -0.05) is 12.1 Å². The number of rotatable bonds is 3.